The van der Waals surface area contributed by atoms with Gasteiger partial charge >= 0.3 is 0 Å². The molecule has 2 aromatic heterocycles. The zero-order valence-electron chi connectivity index (χ0n) is 17.5. The van der Waals surface area contributed by atoms with E-state index in [2.05, 4.69) is 17.2 Å². The Hall–Kier alpha value is -3.26. The molecule has 0 aliphatic rings. The third-order valence-corrected chi connectivity index (χ3v) is 6.96. The molecule has 0 radical (unpaired) electrons. The third-order valence-electron chi connectivity index (χ3n) is 5.14. The maximum absolute atomic E-state index is 13.7. The summed E-state index contributed by atoms with van der Waals surface area (Å²) in [4.78, 5) is 21.9. The fraction of sp³-hybridized carbons (Fsp3) is 0.261. The van der Waals surface area contributed by atoms with Crippen LogP contribution >= 0.6 is 0 Å². The Morgan fingerprint density at radius 2 is 1.61 bits per heavy atom. The van der Waals surface area contributed by atoms with E-state index < -0.39 is 9.84 Å². The van der Waals surface area contributed by atoms with Crippen LogP contribution in [0, 0.1) is 0 Å². The van der Waals surface area contributed by atoms with Crippen LogP contribution in [0.15, 0.2) is 64.4 Å². The number of aryl methyl sites for hydroxylation is 1. The predicted octanol–water partition coefficient (Wildman–Crippen LogP) is 4.57. The van der Waals surface area contributed by atoms with E-state index in [0.29, 0.717) is 23.2 Å². The third kappa shape index (κ3) is 3.79. The van der Waals surface area contributed by atoms with Crippen molar-refractivity contribution in [3.05, 3.63) is 54.6 Å². The van der Waals surface area contributed by atoms with E-state index in [1.807, 2.05) is 18.2 Å². The van der Waals surface area contributed by atoms with Crippen LogP contribution in [0.4, 0.5) is 5.82 Å². The predicted molar refractivity (Wildman–Crippen MR) is 121 cm³/mol. The number of anilines is 1. The van der Waals surface area contributed by atoms with E-state index in [4.69, 9.17) is 4.98 Å². The van der Waals surface area contributed by atoms with Gasteiger partial charge in [-0.1, -0.05) is 50.6 Å². The van der Waals surface area contributed by atoms with Crippen molar-refractivity contribution in [2.24, 2.45) is 0 Å². The molecule has 0 saturated heterocycles. The number of nitrogens with one attached hydrogen (secondary N) is 1. The second-order valence-corrected chi connectivity index (χ2v) is 9.17. The summed E-state index contributed by atoms with van der Waals surface area (Å²) in [6.07, 6.45) is 1.93. The average Bonchev–Trinajstić information content (AvgIpc) is 3.08. The number of sulfone groups is 1. The number of rotatable bonds is 7. The highest BCUT2D eigenvalue weighted by Gasteiger charge is 2.31. The fourth-order valence-corrected chi connectivity index (χ4v) is 5.08. The maximum atomic E-state index is 13.7. The van der Waals surface area contributed by atoms with Gasteiger partial charge in [0.15, 0.2) is 5.65 Å². The molecule has 0 unspecified atom stereocenters. The lowest BCUT2D eigenvalue weighted by atomic mass is 10.3. The minimum absolute atomic E-state index is 0.00939. The van der Waals surface area contributed by atoms with Crippen LogP contribution in [0.25, 0.3) is 22.2 Å². The first-order valence-electron chi connectivity index (χ1n) is 10.4. The number of carbonyl (C=O) groups is 1. The Morgan fingerprint density at radius 3 is 2.26 bits per heavy atom. The lowest BCUT2D eigenvalue weighted by molar-refractivity contribution is -0.115. The number of para-hydroxylation sites is 2. The number of carbonyl (C=O) groups excluding carboxylic acids is 1. The van der Waals surface area contributed by atoms with E-state index in [9.17, 15) is 13.2 Å². The second kappa shape index (κ2) is 8.47. The van der Waals surface area contributed by atoms with Gasteiger partial charge in [0, 0.05) is 13.0 Å². The summed E-state index contributed by atoms with van der Waals surface area (Å²) in [6, 6.07) is 15.5. The number of amides is 1. The highest BCUT2D eigenvalue weighted by Crippen LogP contribution is 2.37. The molecule has 0 fully saturated rings. The van der Waals surface area contributed by atoms with Gasteiger partial charge in [-0.15, -0.1) is 0 Å². The fourth-order valence-electron chi connectivity index (χ4n) is 3.52. The van der Waals surface area contributed by atoms with Crippen LogP contribution in [0.3, 0.4) is 0 Å². The molecular weight excluding hydrogens is 412 g/mol. The monoisotopic (exact) mass is 436 g/mol. The molecule has 0 spiro atoms. The molecule has 0 aliphatic heterocycles. The number of aromatic nitrogens is 3. The zero-order valence-corrected chi connectivity index (χ0v) is 18.3. The lowest BCUT2D eigenvalue weighted by Gasteiger charge is -2.12. The quantitative estimate of drug-likeness (QED) is 0.458. The topological polar surface area (TPSA) is 94.0 Å². The van der Waals surface area contributed by atoms with Gasteiger partial charge in [0.25, 0.3) is 0 Å². The molecule has 160 valence electrons. The molecule has 0 bridgehead atoms. The first kappa shape index (κ1) is 21.0. The summed E-state index contributed by atoms with van der Waals surface area (Å²) in [6.45, 7) is 4.30. The van der Waals surface area contributed by atoms with Crippen molar-refractivity contribution in [1.29, 1.82) is 0 Å². The molecule has 31 heavy (non-hydrogen) atoms. The molecule has 8 heteroatoms. The van der Waals surface area contributed by atoms with Crippen molar-refractivity contribution in [2.75, 3.05) is 5.32 Å². The van der Waals surface area contributed by atoms with Gasteiger partial charge in [-0.25, -0.2) is 18.4 Å². The van der Waals surface area contributed by atoms with Crippen LogP contribution in [0.2, 0.25) is 0 Å². The number of unbranched alkanes of at least 4 members (excludes halogenated alkanes) is 1. The zero-order chi connectivity index (χ0) is 22.0. The van der Waals surface area contributed by atoms with Crippen LogP contribution in [-0.4, -0.2) is 28.9 Å². The highest BCUT2D eigenvalue weighted by molar-refractivity contribution is 7.92. The summed E-state index contributed by atoms with van der Waals surface area (Å²) in [7, 11) is -3.96. The Morgan fingerprint density at radius 1 is 0.968 bits per heavy atom. The molecule has 0 atom stereocenters. The maximum Gasteiger partial charge on any atom is 0.225 e. The summed E-state index contributed by atoms with van der Waals surface area (Å²) < 4.78 is 29.2. The normalized spacial score (nSPS) is 11.8. The molecule has 4 aromatic rings. The van der Waals surface area contributed by atoms with Crippen LogP contribution in [0.1, 0.15) is 33.1 Å². The molecular formula is C23H24N4O3S. The lowest BCUT2D eigenvalue weighted by Crippen LogP contribution is -2.16. The Bertz CT molecular complexity index is 1360. The number of hydrogen-bond acceptors (Lipinski definition) is 5. The van der Waals surface area contributed by atoms with E-state index in [1.54, 1.807) is 47.9 Å². The van der Waals surface area contributed by atoms with Gasteiger partial charge in [0.1, 0.15) is 16.2 Å². The summed E-state index contributed by atoms with van der Waals surface area (Å²) >= 11 is 0. The first-order chi connectivity index (χ1) is 15.0. The molecule has 1 N–H and O–H groups in total. The summed E-state index contributed by atoms with van der Waals surface area (Å²) in [5, 5.41) is 2.82. The van der Waals surface area contributed by atoms with Crippen LogP contribution in [-0.2, 0) is 21.2 Å². The van der Waals surface area contributed by atoms with Crippen molar-refractivity contribution < 1.29 is 13.2 Å². The minimum atomic E-state index is -3.96. The molecule has 4 rings (SSSR count). The van der Waals surface area contributed by atoms with Gasteiger partial charge < -0.3 is 9.88 Å². The van der Waals surface area contributed by atoms with E-state index >= 15 is 0 Å². The first-order valence-corrected chi connectivity index (χ1v) is 11.8. The second-order valence-electron chi connectivity index (χ2n) is 7.29. The molecule has 7 nitrogen and oxygen atoms in total. The molecule has 0 aliphatic carbocycles. The number of hydrogen-bond donors (Lipinski definition) is 1. The van der Waals surface area contributed by atoms with Crippen molar-refractivity contribution in [3.8, 4) is 0 Å². The van der Waals surface area contributed by atoms with E-state index in [-0.39, 0.29) is 33.5 Å². The number of nitrogens with zero attached hydrogens (tertiary/aromatic N) is 3. The molecule has 2 heterocycles. The van der Waals surface area contributed by atoms with Crippen LogP contribution < -0.4 is 5.32 Å². The summed E-state index contributed by atoms with van der Waals surface area (Å²) in [5.41, 5.74) is 1.99. The SMILES string of the molecule is CCCCn1c(NC(=O)CC)c(S(=O)(=O)c2ccccc2)c2nc3ccccc3nc21. The standard InChI is InChI=1S/C23H24N4O3S/c1-3-5-15-27-22-20(24-17-13-9-10-14-18(17)25-22)21(23(27)26-19(28)4-2)31(29,30)16-11-7-6-8-12-16/h6-14H,3-5,15H2,1-2H3,(H,26,28). The smallest absolute Gasteiger partial charge is 0.225 e. The molecule has 0 saturated carbocycles. The molecule has 2 aromatic carbocycles. The Balaban J connectivity index is 2.11. The van der Waals surface area contributed by atoms with Crippen molar-refractivity contribution >= 4 is 43.8 Å². The average molecular weight is 437 g/mol. The number of benzene rings is 2. The van der Waals surface area contributed by atoms with Gasteiger partial charge in [0.05, 0.1) is 15.9 Å². The number of fused-ring (bicyclic) bond motifs is 2. The Labute approximate surface area is 181 Å². The van der Waals surface area contributed by atoms with Gasteiger partial charge in [-0.05, 0) is 30.7 Å². The summed E-state index contributed by atoms with van der Waals surface area (Å²) in [5.74, 6) is -0.0379. The Kier molecular flexibility index (Phi) is 5.73. The van der Waals surface area contributed by atoms with Crippen molar-refractivity contribution in [2.45, 2.75) is 49.4 Å². The van der Waals surface area contributed by atoms with Gasteiger partial charge in [-0.3, -0.25) is 4.79 Å². The minimum Gasteiger partial charge on any atom is -0.311 e. The van der Waals surface area contributed by atoms with Crippen molar-refractivity contribution in [1.82, 2.24) is 14.5 Å². The largest absolute Gasteiger partial charge is 0.311 e. The van der Waals surface area contributed by atoms with E-state index in [1.165, 1.54) is 0 Å². The van der Waals surface area contributed by atoms with Gasteiger partial charge in [-0.2, -0.15) is 0 Å². The van der Waals surface area contributed by atoms with Crippen molar-refractivity contribution in [3.63, 3.8) is 0 Å². The highest BCUT2D eigenvalue weighted by atomic mass is 32.2. The van der Waals surface area contributed by atoms with E-state index in [0.717, 1.165) is 12.8 Å². The van der Waals surface area contributed by atoms with Gasteiger partial charge in [0.2, 0.25) is 15.7 Å². The molecule has 1 amide bonds. The van der Waals surface area contributed by atoms with Crippen LogP contribution in [0.5, 0.6) is 0 Å².